The van der Waals surface area contributed by atoms with Crippen molar-refractivity contribution in [2.75, 3.05) is 18.4 Å². The van der Waals surface area contributed by atoms with Crippen LogP contribution in [0.1, 0.15) is 6.42 Å². The van der Waals surface area contributed by atoms with Crippen LogP contribution in [0.15, 0.2) is 22.8 Å². The summed E-state index contributed by atoms with van der Waals surface area (Å²) < 4.78 is 0.878. The lowest BCUT2D eigenvalue weighted by molar-refractivity contribution is 0.787. The van der Waals surface area contributed by atoms with Gasteiger partial charge in [-0.25, -0.2) is 4.98 Å². The zero-order valence-corrected chi connectivity index (χ0v) is 10.1. The molecule has 1 aliphatic heterocycles. The molecule has 2 N–H and O–H groups in total. The van der Waals surface area contributed by atoms with Crippen molar-refractivity contribution in [2.24, 2.45) is 0 Å². The molecule has 0 radical (unpaired) electrons. The number of pyridine rings is 1. The highest BCUT2D eigenvalue weighted by atomic mass is 79.9. The standard InChI is InChI=1S/C9H12BrN3.ClH/c10-8-2-1-3-9(13-8)12-7-4-5-11-6-7;/h1-3,7,11H,4-6H2,(H,12,13);1H/t7-;/m0./s1. The molecule has 0 spiro atoms. The SMILES string of the molecule is Brc1cccc(N[C@H]2CCNC2)n1.Cl. The summed E-state index contributed by atoms with van der Waals surface area (Å²) in [5, 5.41) is 6.68. The Morgan fingerprint density at radius 2 is 2.36 bits per heavy atom. The topological polar surface area (TPSA) is 37.0 Å². The van der Waals surface area contributed by atoms with E-state index < -0.39 is 0 Å². The molecule has 14 heavy (non-hydrogen) atoms. The fourth-order valence-electron chi connectivity index (χ4n) is 1.48. The molecule has 1 aliphatic rings. The molecule has 3 nitrogen and oxygen atoms in total. The predicted octanol–water partition coefficient (Wildman–Crippen LogP) is 2.04. The highest BCUT2D eigenvalue weighted by molar-refractivity contribution is 9.10. The molecule has 1 aromatic rings. The second-order valence-corrected chi connectivity index (χ2v) is 3.99. The van der Waals surface area contributed by atoms with Crippen LogP contribution in [-0.4, -0.2) is 24.1 Å². The molecular weight excluding hydrogens is 265 g/mol. The lowest BCUT2D eigenvalue weighted by atomic mass is 10.2. The van der Waals surface area contributed by atoms with Crippen molar-refractivity contribution in [3.8, 4) is 0 Å². The van der Waals surface area contributed by atoms with Gasteiger partial charge >= 0.3 is 0 Å². The number of hydrogen-bond donors (Lipinski definition) is 2. The molecule has 2 rings (SSSR count). The fourth-order valence-corrected chi connectivity index (χ4v) is 1.82. The van der Waals surface area contributed by atoms with E-state index >= 15 is 0 Å². The number of nitrogens with one attached hydrogen (secondary N) is 2. The molecule has 1 atom stereocenters. The van der Waals surface area contributed by atoms with Gasteiger partial charge < -0.3 is 10.6 Å². The molecule has 0 saturated carbocycles. The lowest BCUT2D eigenvalue weighted by Gasteiger charge is -2.11. The number of aromatic nitrogens is 1. The first-order valence-corrected chi connectivity index (χ1v) is 5.24. The van der Waals surface area contributed by atoms with E-state index in [1.165, 1.54) is 6.42 Å². The predicted molar refractivity (Wildman–Crippen MR) is 64.1 cm³/mol. The molecule has 1 saturated heterocycles. The quantitative estimate of drug-likeness (QED) is 0.813. The van der Waals surface area contributed by atoms with Gasteiger partial charge in [0.1, 0.15) is 10.4 Å². The van der Waals surface area contributed by atoms with E-state index in [2.05, 4.69) is 31.5 Å². The molecule has 5 heteroatoms. The van der Waals surface area contributed by atoms with Crippen molar-refractivity contribution in [2.45, 2.75) is 12.5 Å². The van der Waals surface area contributed by atoms with Gasteiger partial charge in [-0.15, -0.1) is 12.4 Å². The largest absolute Gasteiger partial charge is 0.366 e. The average Bonchev–Trinajstić information content (AvgIpc) is 2.57. The molecule has 1 aromatic heterocycles. The third-order valence-electron chi connectivity index (χ3n) is 2.13. The minimum absolute atomic E-state index is 0. The van der Waals surface area contributed by atoms with E-state index in [1.807, 2.05) is 18.2 Å². The van der Waals surface area contributed by atoms with Gasteiger partial charge in [-0.3, -0.25) is 0 Å². The number of hydrogen-bond acceptors (Lipinski definition) is 3. The Hall–Kier alpha value is -0.320. The van der Waals surface area contributed by atoms with Crippen LogP contribution < -0.4 is 10.6 Å². The first kappa shape index (κ1) is 11.8. The summed E-state index contributed by atoms with van der Waals surface area (Å²) >= 11 is 3.34. The first-order valence-electron chi connectivity index (χ1n) is 4.44. The number of rotatable bonds is 2. The Balaban J connectivity index is 0.000000980. The van der Waals surface area contributed by atoms with E-state index in [0.29, 0.717) is 6.04 Å². The number of nitrogens with zero attached hydrogens (tertiary/aromatic N) is 1. The zero-order valence-electron chi connectivity index (χ0n) is 7.66. The third-order valence-corrected chi connectivity index (χ3v) is 2.57. The van der Waals surface area contributed by atoms with Crippen LogP contribution in [0.4, 0.5) is 5.82 Å². The molecule has 1 fully saturated rings. The summed E-state index contributed by atoms with van der Waals surface area (Å²) in [5.41, 5.74) is 0. The monoisotopic (exact) mass is 277 g/mol. The second-order valence-electron chi connectivity index (χ2n) is 3.18. The second kappa shape index (κ2) is 5.53. The lowest BCUT2D eigenvalue weighted by Crippen LogP contribution is -2.22. The Kier molecular flexibility index (Phi) is 4.65. The van der Waals surface area contributed by atoms with Gasteiger partial charge in [-0.1, -0.05) is 6.07 Å². The van der Waals surface area contributed by atoms with Crippen LogP contribution >= 0.6 is 28.3 Å². The maximum absolute atomic E-state index is 4.31. The summed E-state index contributed by atoms with van der Waals surface area (Å²) in [6, 6.07) is 6.44. The Bertz CT molecular complexity index is 289. The minimum Gasteiger partial charge on any atom is -0.366 e. The Labute approximate surface area is 98.2 Å². The van der Waals surface area contributed by atoms with Crippen LogP contribution in [0.25, 0.3) is 0 Å². The van der Waals surface area contributed by atoms with Gasteiger partial charge in [-0.2, -0.15) is 0 Å². The van der Waals surface area contributed by atoms with Crippen LogP contribution in [-0.2, 0) is 0 Å². The highest BCUT2D eigenvalue weighted by Crippen LogP contribution is 2.12. The van der Waals surface area contributed by atoms with E-state index in [9.17, 15) is 0 Å². The summed E-state index contributed by atoms with van der Waals surface area (Å²) in [6.07, 6.45) is 1.17. The number of halogens is 2. The van der Waals surface area contributed by atoms with E-state index in [-0.39, 0.29) is 12.4 Å². The van der Waals surface area contributed by atoms with E-state index in [4.69, 9.17) is 0 Å². The average molecular weight is 279 g/mol. The fraction of sp³-hybridized carbons (Fsp3) is 0.444. The molecular formula is C9H13BrClN3. The zero-order chi connectivity index (χ0) is 9.10. The van der Waals surface area contributed by atoms with Crippen molar-refractivity contribution >= 4 is 34.2 Å². The molecule has 0 unspecified atom stereocenters. The molecule has 2 heterocycles. The maximum Gasteiger partial charge on any atom is 0.127 e. The molecule has 0 amide bonds. The normalized spacial score (nSPS) is 20.2. The van der Waals surface area contributed by atoms with Crippen LogP contribution in [0, 0.1) is 0 Å². The van der Waals surface area contributed by atoms with Gasteiger partial charge in [0, 0.05) is 12.6 Å². The molecule has 78 valence electrons. The van der Waals surface area contributed by atoms with Gasteiger partial charge in [0.25, 0.3) is 0 Å². The van der Waals surface area contributed by atoms with Gasteiger partial charge in [-0.05, 0) is 41.0 Å². The maximum atomic E-state index is 4.31. The van der Waals surface area contributed by atoms with Crippen molar-refractivity contribution in [3.63, 3.8) is 0 Å². The van der Waals surface area contributed by atoms with Crippen molar-refractivity contribution < 1.29 is 0 Å². The highest BCUT2D eigenvalue weighted by Gasteiger charge is 2.13. The summed E-state index contributed by atoms with van der Waals surface area (Å²) in [5.74, 6) is 0.947. The summed E-state index contributed by atoms with van der Waals surface area (Å²) in [7, 11) is 0. The van der Waals surface area contributed by atoms with Gasteiger partial charge in [0.2, 0.25) is 0 Å². The van der Waals surface area contributed by atoms with Crippen LogP contribution in [0.3, 0.4) is 0 Å². The summed E-state index contributed by atoms with van der Waals surface area (Å²) in [4.78, 5) is 4.31. The van der Waals surface area contributed by atoms with Gasteiger partial charge in [0.05, 0.1) is 0 Å². The van der Waals surface area contributed by atoms with E-state index in [1.54, 1.807) is 0 Å². The van der Waals surface area contributed by atoms with E-state index in [0.717, 1.165) is 23.5 Å². The van der Waals surface area contributed by atoms with Crippen LogP contribution in [0.5, 0.6) is 0 Å². The molecule has 0 aromatic carbocycles. The third kappa shape index (κ3) is 3.12. The summed E-state index contributed by atoms with van der Waals surface area (Å²) in [6.45, 7) is 2.14. The minimum atomic E-state index is 0. The van der Waals surface area contributed by atoms with Crippen LogP contribution in [0.2, 0.25) is 0 Å². The molecule has 0 bridgehead atoms. The number of anilines is 1. The molecule has 0 aliphatic carbocycles. The first-order chi connectivity index (χ1) is 6.34. The van der Waals surface area contributed by atoms with Crippen molar-refractivity contribution in [1.82, 2.24) is 10.3 Å². The Morgan fingerprint density at radius 1 is 1.50 bits per heavy atom. The van der Waals surface area contributed by atoms with Crippen molar-refractivity contribution in [3.05, 3.63) is 22.8 Å². The smallest absolute Gasteiger partial charge is 0.127 e. The Morgan fingerprint density at radius 3 is 3.00 bits per heavy atom. The van der Waals surface area contributed by atoms with Crippen molar-refractivity contribution in [1.29, 1.82) is 0 Å². The van der Waals surface area contributed by atoms with Gasteiger partial charge in [0.15, 0.2) is 0 Å².